The fourth-order valence-corrected chi connectivity index (χ4v) is 4.17. The Kier molecular flexibility index (Phi) is 5.26. The summed E-state index contributed by atoms with van der Waals surface area (Å²) >= 11 is 1.41. The van der Waals surface area contributed by atoms with Crippen LogP contribution >= 0.6 is 11.8 Å². The van der Waals surface area contributed by atoms with Crippen LogP contribution in [0.1, 0.15) is 6.42 Å². The van der Waals surface area contributed by atoms with E-state index in [0.29, 0.717) is 19.0 Å². The van der Waals surface area contributed by atoms with Gasteiger partial charge < -0.3 is 20.3 Å². The molecule has 0 saturated carbocycles. The summed E-state index contributed by atoms with van der Waals surface area (Å²) in [6.07, 6.45) is 1.84. The highest BCUT2D eigenvalue weighted by molar-refractivity contribution is 8.01. The maximum Gasteiger partial charge on any atom is 0.238 e. The molecule has 2 amide bonds. The van der Waals surface area contributed by atoms with Gasteiger partial charge in [-0.15, -0.1) is 11.8 Å². The van der Waals surface area contributed by atoms with Crippen LogP contribution in [0.2, 0.25) is 0 Å². The molecular formula is C19H20N4O3S. The van der Waals surface area contributed by atoms with Crippen molar-refractivity contribution in [1.82, 2.24) is 4.98 Å². The van der Waals surface area contributed by atoms with Crippen molar-refractivity contribution in [2.24, 2.45) is 0 Å². The number of carbonyl (C=O) groups is 2. The normalized spacial score (nSPS) is 19.2. The van der Waals surface area contributed by atoms with Gasteiger partial charge in [-0.05, 0) is 24.3 Å². The highest BCUT2D eigenvalue weighted by Gasteiger charge is 2.28. The van der Waals surface area contributed by atoms with Gasteiger partial charge in [0.1, 0.15) is 5.82 Å². The lowest BCUT2D eigenvalue weighted by molar-refractivity contribution is -0.120. The largest absolute Gasteiger partial charge is 0.378 e. The minimum Gasteiger partial charge on any atom is -0.378 e. The molecule has 140 valence electrons. The number of carbonyl (C=O) groups excluding carboxylic acids is 2. The summed E-state index contributed by atoms with van der Waals surface area (Å²) in [6, 6.07) is 11.3. The molecule has 1 atom stereocenters. The van der Waals surface area contributed by atoms with E-state index in [4.69, 9.17) is 4.74 Å². The summed E-state index contributed by atoms with van der Waals surface area (Å²) in [4.78, 5) is 32.1. The Bertz CT molecular complexity index is 837. The van der Waals surface area contributed by atoms with E-state index in [1.165, 1.54) is 11.8 Å². The van der Waals surface area contributed by atoms with Crippen molar-refractivity contribution in [1.29, 1.82) is 0 Å². The second-order valence-corrected chi connectivity index (χ2v) is 7.59. The Hall–Kier alpha value is -2.58. The Labute approximate surface area is 161 Å². The van der Waals surface area contributed by atoms with Gasteiger partial charge in [-0.2, -0.15) is 0 Å². The fourth-order valence-electron chi connectivity index (χ4n) is 3.06. The predicted molar refractivity (Wildman–Crippen MR) is 105 cm³/mol. The van der Waals surface area contributed by atoms with E-state index >= 15 is 0 Å². The van der Waals surface area contributed by atoms with E-state index in [1.807, 2.05) is 30.3 Å². The predicted octanol–water partition coefficient (Wildman–Crippen LogP) is 2.36. The van der Waals surface area contributed by atoms with Crippen LogP contribution in [-0.4, -0.2) is 48.4 Å². The molecule has 0 spiro atoms. The Balaban J connectivity index is 1.35. The second-order valence-electron chi connectivity index (χ2n) is 6.35. The number of anilines is 3. The van der Waals surface area contributed by atoms with Crippen molar-refractivity contribution in [3.63, 3.8) is 0 Å². The second kappa shape index (κ2) is 7.98. The number of para-hydroxylation sites is 1. The van der Waals surface area contributed by atoms with Crippen LogP contribution in [0.25, 0.3) is 0 Å². The van der Waals surface area contributed by atoms with Crippen LogP contribution in [0.3, 0.4) is 0 Å². The average molecular weight is 384 g/mol. The summed E-state index contributed by atoms with van der Waals surface area (Å²) in [6.45, 7) is 3.09. The van der Waals surface area contributed by atoms with Crippen molar-refractivity contribution in [2.45, 2.75) is 16.6 Å². The zero-order valence-corrected chi connectivity index (χ0v) is 15.5. The number of aromatic nitrogens is 1. The van der Waals surface area contributed by atoms with E-state index < -0.39 is 5.25 Å². The lowest BCUT2D eigenvalue weighted by Crippen LogP contribution is -2.36. The van der Waals surface area contributed by atoms with Crippen LogP contribution in [0.15, 0.2) is 47.5 Å². The lowest BCUT2D eigenvalue weighted by Gasteiger charge is -2.28. The molecule has 1 saturated heterocycles. The number of thioether (sulfide) groups is 1. The Morgan fingerprint density at radius 3 is 2.85 bits per heavy atom. The molecule has 8 heteroatoms. The number of rotatable bonds is 4. The van der Waals surface area contributed by atoms with Gasteiger partial charge in [-0.3, -0.25) is 9.59 Å². The van der Waals surface area contributed by atoms with Gasteiger partial charge in [-0.25, -0.2) is 4.98 Å². The molecule has 0 radical (unpaired) electrons. The first-order valence-electron chi connectivity index (χ1n) is 8.84. The molecule has 1 aromatic carbocycles. The number of amides is 2. The number of morpholine rings is 1. The molecule has 1 fully saturated rings. The molecule has 4 rings (SSSR count). The first kappa shape index (κ1) is 17.8. The van der Waals surface area contributed by atoms with Crippen LogP contribution in [0, 0.1) is 0 Å². The topological polar surface area (TPSA) is 83.6 Å². The SMILES string of the molecule is O=C(CC1Sc2ccccc2NC1=O)Nc1ccc(N2CCOCC2)cn1. The third-order valence-electron chi connectivity index (χ3n) is 4.47. The number of benzene rings is 1. The zero-order valence-electron chi connectivity index (χ0n) is 14.7. The molecular weight excluding hydrogens is 364 g/mol. The molecule has 3 heterocycles. The number of hydrogen-bond acceptors (Lipinski definition) is 6. The molecule has 1 aromatic heterocycles. The number of fused-ring (bicyclic) bond motifs is 1. The number of nitrogens with one attached hydrogen (secondary N) is 2. The Morgan fingerprint density at radius 1 is 1.26 bits per heavy atom. The zero-order chi connectivity index (χ0) is 18.6. The maximum absolute atomic E-state index is 12.4. The first-order chi connectivity index (χ1) is 13.2. The van der Waals surface area contributed by atoms with Gasteiger partial charge in [0.25, 0.3) is 0 Å². The molecule has 2 aliphatic heterocycles. The van der Waals surface area contributed by atoms with Gasteiger partial charge in [-0.1, -0.05) is 12.1 Å². The van der Waals surface area contributed by atoms with Gasteiger partial charge in [0.15, 0.2) is 0 Å². The van der Waals surface area contributed by atoms with E-state index in [-0.39, 0.29) is 18.2 Å². The van der Waals surface area contributed by atoms with Crippen molar-refractivity contribution in [2.75, 3.05) is 41.8 Å². The lowest BCUT2D eigenvalue weighted by atomic mass is 10.2. The summed E-state index contributed by atoms with van der Waals surface area (Å²) in [5.74, 6) is 0.108. The van der Waals surface area contributed by atoms with Gasteiger partial charge in [0.05, 0.1) is 36.0 Å². The minimum atomic E-state index is -0.451. The average Bonchev–Trinajstić information content (AvgIpc) is 2.70. The molecule has 2 N–H and O–H groups in total. The van der Waals surface area contributed by atoms with Crippen LogP contribution in [0.4, 0.5) is 17.2 Å². The summed E-state index contributed by atoms with van der Waals surface area (Å²) < 4.78 is 5.35. The molecule has 0 bridgehead atoms. The number of hydrogen-bond donors (Lipinski definition) is 2. The smallest absolute Gasteiger partial charge is 0.238 e. The summed E-state index contributed by atoms with van der Waals surface area (Å²) in [5.41, 5.74) is 1.81. The minimum absolute atomic E-state index is 0.0950. The van der Waals surface area contributed by atoms with E-state index in [9.17, 15) is 9.59 Å². The van der Waals surface area contributed by atoms with Crippen LogP contribution < -0.4 is 15.5 Å². The number of pyridine rings is 1. The van der Waals surface area contributed by atoms with Crippen molar-refractivity contribution in [3.8, 4) is 0 Å². The van der Waals surface area contributed by atoms with Crippen molar-refractivity contribution < 1.29 is 14.3 Å². The van der Waals surface area contributed by atoms with Crippen LogP contribution in [0.5, 0.6) is 0 Å². The molecule has 7 nitrogen and oxygen atoms in total. The highest BCUT2D eigenvalue weighted by Crippen LogP contribution is 2.36. The summed E-state index contributed by atoms with van der Waals surface area (Å²) in [7, 11) is 0. The first-order valence-corrected chi connectivity index (χ1v) is 9.72. The molecule has 0 aliphatic carbocycles. The third kappa shape index (κ3) is 4.23. The van der Waals surface area contributed by atoms with E-state index in [2.05, 4.69) is 20.5 Å². The molecule has 27 heavy (non-hydrogen) atoms. The van der Waals surface area contributed by atoms with Crippen LogP contribution in [-0.2, 0) is 14.3 Å². The quantitative estimate of drug-likeness (QED) is 0.842. The molecule has 2 aliphatic rings. The standard InChI is InChI=1S/C19H20N4O3S/c24-18(11-16-19(25)21-14-3-1-2-4-15(14)27-16)22-17-6-5-13(12-20-17)23-7-9-26-10-8-23/h1-6,12,16H,7-11H2,(H,21,25)(H,20,22,24). The number of ether oxygens (including phenoxy) is 1. The van der Waals surface area contributed by atoms with Crippen molar-refractivity contribution in [3.05, 3.63) is 42.6 Å². The monoisotopic (exact) mass is 384 g/mol. The van der Waals surface area contributed by atoms with Gasteiger partial charge in [0.2, 0.25) is 11.8 Å². The maximum atomic E-state index is 12.4. The van der Waals surface area contributed by atoms with Crippen molar-refractivity contribution >= 4 is 40.8 Å². The molecule has 2 aromatic rings. The third-order valence-corrected chi connectivity index (χ3v) is 5.74. The summed E-state index contributed by atoms with van der Waals surface area (Å²) in [5, 5.41) is 5.18. The van der Waals surface area contributed by atoms with Gasteiger partial charge in [0, 0.05) is 24.4 Å². The Morgan fingerprint density at radius 2 is 2.07 bits per heavy atom. The fraction of sp³-hybridized carbons (Fsp3) is 0.316. The highest BCUT2D eigenvalue weighted by atomic mass is 32.2. The number of nitrogens with zero attached hydrogens (tertiary/aromatic N) is 2. The van der Waals surface area contributed by atoms with E-state index in [0.717, 1.165) is 29.4 Å². The van der Waals surface area contributed by atoms with E-state index in [1.54, 1.807) is 12.3 Å². The van der Waals surface area contributed by atoms with Gasteiger partial charge >= 0.3 is 0 Å². The molecule has 1 unspecified atom stereocenters.